The Bertz CT molecular complexity index is 1700. The number of carboxylic acid groups (broad SMARTS) is 1. The number of hydrogen-bond donors (Lipinski definition) is 1. The Labute approximate surface area is 274 Å². The Hall–Kier alpha value is -4.09. The van der Waals surface area contributed by atoms with Crippen molar-refractivity contribution in [1.82, 2.24) is 4.90 Å². The molecule has 3 aromatic rings. The summed E-state index contributed by atoms with van der Waals surface area (Å²) >= 11 is -2.05. The van der Waals surface area contributed by atoms with Gasteiger partial charge < -0.3 is 14.6 Å². The third-order valence-corrected chi connectivity index (χ3v) is 11.2. The molecule has 1 heterocycles. The molecule has 0 bridgehead atoms. The van der Waals surface area contributed by atoms with Crippen molar-refractivity contribution in [3.8, 4) is 17.2 Å². The number of likely N-dealkylation sites (tertiary alicyclic amines) is 1. The lowest BCUT2D eigenvalue weighted by molar-refractivity contribution is -0.348. The molecule has 1 saturated carbocycles. The zero-order valence-corrected chi connectivity index (χ0v) is 26.0. The van der Waals surface area contributed by atoms with Gasteiger partial charge in [-0.3, -0.25) is 9.59 Å². The van der Waals surface area contributed by atoms with Crippen LogP contribution in [0.4, 0.5) is 30.7 Å². The normalized spacial score (nSPS) is 22.6. The number of halogens is 7. The largest absolute Gasteiger partial charge is 0.611 e. The van der Waals surface area contributed by atoms with Crippen LogP contribution in [0.15, 0.2) is 77.7 Å². The molecule has 6 nitrogen and oxygen atoms in total. The van der Waals surface area contributed by atoms with Crippen LogP contribution < -0.4 is 0 Å². The highest BCUT2D eigenvalue weighted by molar-refractivity contribution is 7.92. The molecule has 1 aliphatic heterocycles. The van der Waals surface area contributed by atoms with Crippen LogP contribution in [0.3, 0.4) is 0 Å². The maximum absolute atomic E-state index is 14.9. The van der Waals surface area contributed by atoms with E-state index in [0.717, 1.165) is 12.1 Å². The zero-order valence-electron chi connectivity index (χ0n) is 25.2. The lowest BCUT2D eigenvalue weighted by atomic mass is 9.81. The third kappa shape index (κ3) is 6.37. The molecule has 0 spiro atoms. The Morgan fingerprint density at radius 3 is 1.98 bits per heavy atom. The van der Waals surface area contributed by atoms with Crippen molar-refractivity contribution in [2.24, 2.45) is 11.8 Å². The molecule has 2 atom stereocenters. The summed E-state index contributed by atoms with van der Waals surface area (Å²) in [4.78, 5) is 26.7. The number of carbonyl (C=O) groups excluding carboxylic acids is 1. The van der Waals surface area contributed by atoms with Gasteiger partial charge in [-0.2, -0.15) is 31.6 Å². The standard InChI is InChI=1S/C34H29F7N2O4S/c35-32(33(36,37)38,34(39,40)41)27-13-11-26(12-14-27)31(15-16-43(20-31)29(44)22-7-9-23(10-8-22)30(45)46)48(47)28-6-2-5-25(18-28)24-4-1-3-21(17-24)19-42/h1-6,11-14,17-18,22-23H,7-10,15-16,20H2,(H,45,46). The molecule has 1 amide bonds. The average Bonchev–Trinajstić information content (AvgIpc) is 3.53. The van der Waals surface area contributed by atoms with Gasteiger partial charge in [-0.25, -0.2) is 4.39 Å². The topological polar surface area (TPSA) is 104 Å². The van der Waals surface area contributed by atoms with Crippen LogP contribution in [0.5, 0.6) is 0 Å². The molecule has 2 fully saturated rings. The van der Waals surface area contributed by atoms with E-state index in [1.807, 2.05) is 6.07 Å². The summed E-state index contributed by atoms with van der Waals surface area (Å²) < 4.78 is 109. The Morgan fingerprint density at radius 2 is 1.42 bits per heavy atom. The first-order valence-electron chi connectivity index (χ1n) is 15.0. The van der Waals surface area contributed by atoms with Crippen molar-refractivity contribution in [2.45, 2.75) is 59.8 Å². The van der Waals surface area contributed by atoms with Crippen molar-refractivity contribution in [3.05, 3.63) is 89.5 Å². The summed E-state index contributed by atoms with van der Waals surface area (Å²) in [5, 5.41) is 18.6. The molecule has 2 aliphatic rings. The van der Waals surface area contributed by atoms with Gasteiger partial charge in [0.15, 0.2) is 9.64 Å². The van der Waals surface area contributed by atoms with Crippen molar-refractivity contribution >= 4 is 23.1 Å². The monoisotopic (exact) mass is 694 g/mol. The van der Waals surface area contributed by atoms with Gasteiger partial charge in [-0.15, -0.1) is 0 Å². The SMILES string of the molecule is N#Cc1cccc(-c2cccc([S+]([O-])C3(c4ccc(C(F)(C(F)(F)F)C(F)(F)F)cc4)CCN(C(=O)C4CCC(C(=O)O)CC4)C3)c2)c1. The summed E-state index contributed by atoms with van der Waals surface area (Å²) in [5.74, 6) is -2.34. The van der Waals surface area contributed by atoms with Crippen molar-refractivity contribution in [2.75, 3.05) is 13.1 Å². The van der Waals surface area contributed by atoms with Gasteiger partial charge in [-0.05, 0) is 66.2 Å². The molecule has 14 heteroatoms. The first-order valence-corrected chi connectivity index (χ1v) is 16.1. The molecule has 0 radical (unpaired) electrons. The maximum Gasteiger partial charge on any atom is 0.435 e. The second-order valence-electron chi connectivity index (χ2n) is 12.1. The second-order valence-corrected chi connectivity index (χ2v) is 13.9. The fourth-order valence-electron chi connectivity index (χ4n) is 6.59. The summed E-state index contributed by atoms with van der Waals surface area (Å²) in [6.45, 7) is -0.142. The smallest absolute Gasteiger partial charge is 0.435 e. The van der Waals surface area contributed by atoms with Gasteiger partial charge in [0, 0.05) is 36.1 Å². The van der Waals surface area contributed by atoms with Crippen molar-refractivity contribution < 1.29 is 50.0 Å². The first-order chi connectivity index (χ1) is 22.5. The van der Waals surface area contributed by atoms with Crippen LogP contribution in [-0.2, 0) is 31.2 Å². The highest BCUT2D eigenvalue weighted by Crippen LogP contribution is 2.54. The molecule has 1 aliphatic carbocycles. The van der Waals surface area contributed by atoms with Gasteiger partial charge in [0.1, 0.15) is 0 Å². The molecule has 0 aromatic heterocycles. The molecule has 2 unspecified atom stereocenters. The van der Waals surface area contributed by atoms with Gasteiger partial charge in [-0.1, -0.05) is 48.5 Å². The fraction of sp³-hybridized carbons (Fsp3) is 0.382. The van der Waals surface area contributed by atoms with Gasteiger partial charge >= 0.3 is 24.0 Å². The minimum atomic E-state index is -6.31. The summed E-state index contributed by atoms with van der Waals surface area (Å²) in [5.41, 5.74) is -5.69. The average molecular weight is 695 g/mol. The van der Waals surface area contributed by atoms with E-state index < -0.39 is 57.3 Å². The number of alkyl halides is 7. The van der Waals surface area contributed by atoms with E-state index in [0.29, 0.717) is 54.5 Å². The lowest BCUT2D eigenvalue weighted by Gasteiger charge is -2.34. The number of rotatable bonds is 7. The van der Waals surface area contributed by atoms with Gasteiger partial charge in [0.05, 0.1) is 24.1 Å². The van der Waals surface area contributed by atoms with E-state index in [2.05, 4.69) is 0 Å². The number of nitriles is 1. The molecular weight excluding hydrogens is 665 g/mol. The molecule has 254 valence electrons. The van der Waals surface area contributed by atoms with Crippen LogP contribution in [0.2, 0.25) is 0 Å². The predicted molar refractivity (Wildman–Crippen MR) is 160 cm³/mol. The van der Waals surface area contributed by atoms with Crippen LogP contribution in [0.25, 0.3) is 11.1 Å². The van der Waals surface area contributed by atoms with Crippen molar-refractivity contribution in [1.29, 1.82) is 5.26 Å². The van der Waals surface area contributed by atoms with Gasteiger partial charge in [0.25, 0.3) is 0 Å². The number of aliphatic carboxylic acids is 1. The lowest BCUT2D eigenvalue weighted by Crippen LogP contribution is -2.50. The van der Waals surface area contributed by atoms with E-state index in [1.54, 1.807) is 48.5 Å². The van der Waals surface area contributed by atoms with Crippen molar-refractivity contribution in [3.63, 3.8) is 0 Å². The van der Waals surface area contributed by atoms with E-state index >= 15 is 0 Å². The highest BCUT2D eigenvalue weighted by atomic mass is 32.2. The van der Waals surface area contributed by atoms with E-state index in [4.69, 9.17) is 0 Å². The quantitative estimate of drug-likeness (QED) is 0.202. The summed E-state index contributed by atoms with van der Waals surface area (Å²) in [7, 11) is 0. The van der Waals surface area contributed by atoms with E-state index in [-0.39, 0.29) is 35.9 Å². The van der Waals surface area contributed by atoms with Gasteiger partial charge in [0.2, 0.25) is 5.91 Å². The summed E-state index contributed by atoms with van der Waals surface area (Å²) in [6.07, 6.45) is -11.4. The molecule has 1 N–H and O–H groups in total. The van der Waals surface area contributed by atoms with Crippen LogP contribution in [0.1, 0.15) is 48.8 Å². The number of amides is 1. The first kappa shape index (κ1) is 35.2. The van der Waals surface area contributed by atoms with Crippen LogP contribution in [-0.4, -0.2) is 51.9 Å². The highest BCUT2D eigenvalue weighted by Gasteiger charge is 2.73. The fourth-order valence-corrected chi connectivity index (χ4v) is 8.37. The predicted octanol–water partition coefficient (Wildman–Crippen LogP) is 7.64. The Kier molecular flexibility index (Phi) is 9.60. The maximum atomic E-state index is 14.9. The molecule has 48 heavy (non-hydrogen) atoms. The van der Waals surface area contributed by atoms with E-state index in [1.165, 1.54) is 4.90 Å². The number of benzene rings is 3. The minimum absolute atomic E-state index is 0.0165. The summed E-state index contributed by atoms with van der Waals surface area (Å²) in [6, 6.07) is 17.7. The number of carboxylic acids is 1. The minimum Gasteiger partial charge on any atom is -0.611 e. The molecule has 1 saturated heterocycles. The molecule has 5 rings (SSSR count). The molecule has 3 aromatic carbocycles. The Balaban J connectivity index is 1.53. The number of carbonyl (C=O) groups is 2. The molecular formula is C34H29F7N2O4S. The van der Waals surface area contributed by atoms with E-state index in [9.17, 15) is 55.2 Å². The van der Waals surface area contributed by atoms with Crippen LogP contribution >= 0.6 is 0 Å². The Morgan fingerprint density at radius 1 is 0.854 bits per heavy atom. The van der Waals surface area contributed by atoms with Crippen LogP contribution in [0, 0.1) is 23.2 Å². The number of hydrogen-bond acceptors (Lipinski definition) is 4. The zero-order chi connectivity index (χ0) is 35.1. The number of nitrogens with zero attached hydrogens (tertiary/aromatic N) is 2. The third-order valence-electron chi connectivity index (χ3n) is 9.29. The second kappa shape index (κ2) is 13.1.